The molecular weight excluding hydrogens is 198 g/mol. The van der Waals surface area contributed by atoms with Crippen LogP contribution in [0.1, 0.15) is 38.5 Å². The largest absolute Gasteiger partial charge is 0.465 e. The quantitative estimate of drug-likeness (QED) is 0.781. The molecule has 6 nitrogen and oxygen atoms in total. The predicted molar refractivity (Wildman–Crippen MR) is 52.4 cm³/mol. The molecule has 0 saturated heterocycles. The Hall–Kier alpha value is -1.59. The highest BCUT2D eigenvalue weighted by Crippen LogP contribution is 2.30. The van der Waals surface area contributed by atoms with E-state index in [1.165, 1.54) is 0 Å². The molecule has 15 heavy (non-hydrogen) atoms. The van der Waals surface area contributed by atoms with E-state index in [2.05, 4.69) is 15.5 Å². The highest BCUT2D eigenvalue weighted by Gasteiger charge is 2.31. The molecule has 1 unspecified atom stereocenters. The van der Waals surface area contributed by atoms with Crippen molar-refractivity contribution in [3.63, 3.8) is 0 Å². The van der Waals surface area contributed by atoms with Crippen molar-refractivity contribution in [1.29, 1.82) is 0 Å². The van der Waals surface area contributed by atoms with Gasteiger partial charge in [0.2, 0.25) is 5.89 Å². The number of aromatic nitrogens is 2. The predicted octanol–water partition coefficient (Wildman–Crippen LogP) is 1.73. The number of hydrogen-bond acceptors (Lipinski definition) is 4. The number of carboxylic acid groups (broad SMARTS) is 1. The number of nitrogens with zero attached hydrogens (tertiary/aromatic N) is 2. The van der Waals surface area contributed by atoms with Gasteiger partial charge in [0.25, 0.3) is 0 Å². The van der Waals surface area contributed by atoms with Crippen molar-refractivity contribution in [1.82, 2.24) is 15.5 Å². The number of carbonyl (C=O) groups is 1. The van der Waals surface area contributed by atoms with Crippen LogP contribution in [0.5, 0.6) is 0 Å². The summed E-state index contributed by atoms with van der Waals surface area (Å²) in [5.41, 5.74) is -0.311. The van der Waals surface area contributed by atoms with Gasteiger partial charge >= 0.3 is 6.09 Å². The van der Waals surface area contributed by atoms with Gasteiger partial charge < -0.3 is 14.9 Å². The average molecular weight is 213 g/mol. The Bertz CT molecular complexity index is 354. The second-order valence-corrected chi connectivity index (χ2v) is 4.42. The molecule has 0 aliphatic carbocycles. The molecule has 0 aromatic carbocycles. The number of aryl methyl sites for hydroxylation is 1. The van der Waals surface area contributed by atoms with E-state index in [1.807, 2.05) is 20.8 Å². The first kappa shape index (κ1) is 11.5. The number of hydrogen-bond donors (Lipinski definition) is 2. The van der Waals surface area contributed by atoms with Crippen LogP contribution >= 0.6 is 0 Å². The fourth-order valence-corrected chi connectivity index (χ4v) is 1.22. The van der Waals surface area contributed by atoms with E-state index >= 15 is 0 Å². The summed E-state index contributed by atoms with van der Waals surface area (Å²) in [7, 11) is 0. The van der Waals surface area contributed by atoms with Crippen molar-refractivity contribution in [2.24, 2.45) is 5.41 Å². The molecule has 2 N–H and O–H groups in total. The van der Waals surface area contributed by atoms with Crippen molar-refractivity contribution < 1.29 is 14.4 Å². The van der Waals surface area contributed by atoms with Gasteiger partial charge in [-0.1, -0.05) is 25.9 Å². The monoisotopic (exact) mass is 213 g/mol. The summed E-state index contributed by atoms with van der Waals surface area (Å²) in [6, 6.07) is -0.479. The molecule has 84 valence electrons. The zero-order valence-electron chi connectivity index (χ0n) is 9.24. The minimum absolute atomic E-state index is 0.311. The molecule has 0 spiro atoms. The van der Waals surface area contributed by atoms with Crippen LogP contribution < -0.4 is 5.32 Å². The van der Waals surface area contributed by atoms with Crippen LogP contribution in [-0.4, -0.2) is 21.3 Å². The maximum Gasteiger partial charge on any atom is 0.405 e. The number of amides is 1. The fourth-order valence-electron chi connectivity index (χ4n) is 1.22. The standard InChI is InChI=1S/C9H15N3O3/c1-5-10-7(12-15-5)6(9(2,3)4)11-8(13)14/h6,11H,1-4H3,(H,13,14). The summed E-state index contributed by atoms with van der Waals surface area (Å²) < 4.78 is 4.83. The first-order valence-electron chi connectivity index (χ1n) is 4.60. The highest BCUT2D eigenvalue weighted by molar-refractivity contribution is 5.65. The lowest BCUT2D eigenvalue weighted by Crippen LogP contribution is -2.36. The maximum absolute atomic E-state index is 10.6. The Morgan fingerprint density at radius 1 is 1.53 bits per heavy atom. The molecule has 0 aliphatic heterocycles. The zero-order chi connectivity index (χ0) is 11.6. The van der Waals surface area contributed by atoms with Crippen LogP contribution in [0.15, 0.2) is 4.52 Å². The third-order valence-electron chi connectivity index (χ3n) is 1.94. The first-order valence-corrected chi connectivity index (χ1v) is 4.60. The third kappa shape index (κ3) is 2.93. The Morgan fingerprint density at radius 3 is 2.47 bits per heavy atom. The lowest BCUT2D eigenvalue weighted by atomic mass is 9.86. The third-order valence-corrected chi connectivity index (χ3v) is 1.94. The van der Waals surface area contributed by atoms with Gasteiger partial charge in [-0.15, -0.1) is 0 Å². The molecule has 0 aliphatic rings. The van der Waals surface area contributed by atoms with E-state index in [9.17, 15) is 4.79 Å². The van der Waals surface area contributed by atoms with E-state index in [0.29, 0.717) is 11.7 Å². The van der Waals surface area contributed by atoms with Crippen LogP contribution in [0.3, 0.4) is 0 Å². The normalized spacial score (nSPS) is 13.6. The lowest BCUT2D eigenvalue weighted by molar-refractivity contribution is 0.172. The molecule has 0 saturated carbocycles. The van der Waals surface area contributed by atoms with Crippen LogP contribution in [0.4, 0.5) is 4.79 Å². The van der Waals surface area contributed by atoms with Crippen molar-refractivity contribution >= 4 is 6.09 Å². The van der Waals surface area contributed by atoms with Crippen LogP contribution in [-0.2, 0) is 0 Å². The van der Waals surface area contributed by atoms with E-state index in [-0.39, 0.29) is 5.41 Å². The summed E-state index contributed by atoms with van der Waals surface area (Å²) in [5.74, 6) is 0.786. The molecule has 1 heterocycles. The molecule has 1 aromatic heterocycles. The van der Waals surface area contributed by atoms with Crippen LogP contribution in [0.25, 0.3) is 0 Å². The Labute approximate surface area is 87.7 Å². The first-order chi connectivity index (χ1) is 6.80. The van der Waals surface area contributed by atoms with Crippen molar-refractivity contribution in [2.45, 2.75) is 33.7 Å². The van der Waals surface area contributed by atoms with E-state index < -0.39 is 12.1 Å². The molecule has 0 fully saturated rings. The van der Waals surface area contributed by atoms with Crippen LogP contribution in [0.2, 0.25) is 0 Å². The van der Waals surface area contributed by atoms with Gasteiger partial charge in [-0.25, -0.2) is 4.79 Å². The van der Waals surface area contributed by atoms with E-state index in [4.69, 9.17) is 9.63 Å². The molecule has 6 heteroatoms. The molecule has 1 aromatic rings. The Kier molecular flexibility index (Phi) is 2.97. The minimum atomic E-state index is -1.10. The maximum atomic E-state index is 10.6. The number of rotatable bonds is 2. The van der Waals surface area contributed by atoms with Crippen molar-refractivity contribution in [3.8, 4) is 0 Å². The Morgan fingerprint density at radius 2 is 2.13 bits per heavy atom. The smallest absolute Gasteiger partial charge is 0.405 e. The summed E-state index contributed by atoms with van der Waals surface area (Å²) in [4.78, 5) is 14.7. The molecule has 1 atom stereocenters. The van der Waals surface area contributed by atoms with Gasteiger partial charge in [0, 0.05) is 6.92 Å². The van der Waals surface area contributed by atoms with Crippen LogP contribution in [0, 0.1) is 12.3 Å². The van der Waals surface area contributed by atoms with Crippen molar-refractivity contribution in [2.75, 3.05) is 0 Å². The SMILES string of the molecule is Cc1nc(C(NC(=O)O)C(C)(C)C)no1. The van der Waals surface area contributed by atoms with Crippen molar-refractivity contribution in [3.05, 3.63) is 11.7 Å². The average Bonchev–Trinajstić information content (AvgIpc) is 2.45. The second kappa shape index (κ2) is 3.88. The summed E-state index contributed by atoms with van der Waals surface area (Å²) >= 11 is 0. The van der Waals surface area contributed by atoms with Gasteiger partial charge in [0.05, 0.1) is 0 Å². The summed E-state index contributed by atoms with van der Waals surface area (Å²) in [6.45, 7) is 7.37. The second-order valence-electron chi connectivity index (χ2n) is 4.42. The highest BCUT2D eigenvalue weighted by atomic mass is 16.5. The molecule has 1 rings (SSSR count). The molecule has 0 radical (unpaired) electrons. The minimum Gasteiger partial charge on any atom is -0.465 e. The Balaban J connectivity index is 2.96. The van der Waals surface area contributed by atoms with Gasteiger partial charge in [-0.05, 0) is 5.41 Å². The van der Waals surface area contributed by atoms with E-state index in [1.54, 1.807) is 6.92 Å². The van der Waals surface area contributed by atoms with Gasteiger partial charge in [0.1, 0.15) is 6.04 Å². The van der Waals surface area contributed by atoms with Gasteiger partial charge in [-0.2, -0.15) is 4.98 Å². The molecule has 0 bridgehead atoms. The fraction of sp³-hybridized carbons (Fsp3) is 0.667. The summed E-state index contributed by atoms with van der Waals surface area (Å²) in [6.07, 6.45) is -1.10. The molecule has 1 amide bonds. The van der Waals surface area contributed by atoms with E-state index in [0.717, 1.165) is 0 Å². The topological polar surface area (TPSA) is 88.2 Å². The summed E-state index contributed by atoms with van der Waals surface area (Å²) in [5, 5.41) is 14.8. The molecular formula is C9H15N3O3. The lowest BCUT2D eigenvalue weighted by Gasteiger charge is -2.27. The van der Waals surface area contributed by atoms with Gasteiger partial charge in [0.15, 0.2) is 5.82 Å². The van der Waals surface area contributed by atoms with Gasteiger partial charge in [-0.3, -0.25) is 0 Å². The number of nitrogens with one attached hydrogen (secondary N) is 1. The zero-order valence-corrected chi connectivity index (χ0v) is 9.24.